The fraction of sp³-hybridized carbons (Fsp3) is 0.200. The SMILES string of the molecule is Brc1ccccc1C1CC1c1ccccc1. The van der Waals surface area contributed by atoms with E-state index in [1.165, 1.54) is 22.0 Å². The fourth-order valence-corrected chi connectivity index (χ4v) is 2.96. The van der Waals surface area contributed by atoms with Gasteiger partial charge < -0.3 is 0 Å². The van der Waals surface area contributed by atoms with Crippen molar-refractivity contribution in [2.75, 3.05) is 0 Å². The summed E-state index contributed by atoms with van der Waals surface area (Å²) in [4.78, 5) is 0. The second-order valence-corrected chi connectivity index (χ2v) is 5.24. The Morgan fingerprint density at radius 1 is 0.812 bits per heavy atom. The Balaban J connectivity index is 1.85. The highest BCUT2D eigenvalue weighted by Gasteiger charge is 2.40. The minimum absolute atomic E-state index is 0.706. The van der Waals surface area contributed by atoms with Crippen LogP contribution >= 0.6 is 15.9 Å². The van der Waals surface area contributed by atoms with Crippen molar-refractivity contribution in [2.45, 2.75) is 18.3 Å². The van der Waals surface area contributed by atoms with Gasteiger partial charge in [-0.25, -0.2) is 0 Å². The molecule has 80 valence electrons. The molecule has 2 aromatic rings. The summed E-state index contributed by atoms with van der Waals surface area (Å²) in [6.07, 6.45) is 1.28. The molecule has 1 heteroatoms. The predicted octanol–water partition coefficient (Wildman–Crippen LogP) is 4.72. The van der Waals surface area contributed by atoms with Gasteiger partial charge in [0.1, 0.15) is 0 Å². The molecule has 2 unspecified atom stereocenters. The summed E-state index contributed by atoms with van der Waals surface area (Å²) in [5, 5.41) is 0. The first kappa shape index (κ1) is 10.1. The van der Waals surface area contributed by atoms with Crippen LogP contribution in [0.1, 0.15) is 29.4 Å². The Labute approximate surface area is 104 Å². The van der Waals surface area contributed by atoms with E-state index in [9.17, 15) is 0 Å². The highest BCUT2D eigenvalue weighted by atomic mass is 79.9. The van der Waals surface area contributed by atoms with Gasteiger partial charge in [0.15, 0.2) is 0 Å². The number of hydrogen-bond donors (Lipinski definition) is 0. The standard InChI is InChI=1S/C15H13Br/c16-15-9-5-4-8-12(15)14-10-13(14)11-6-2-1-3-7-11/h1-9,13-14H,10H2. The van der Waals surface area contributed by atoms with Crippen LogP contribution in [-0.2, 0) is 0 Å². The minimum atomic E-state index is 0.706. The summed E-state index contributed by atoms with van der Waals surface area (Å²) in [6, 6.07) is 19.4. The molecule has 0 amide bonds. The van der Waals surface area contributed by atoms with E-state index < -0.39 is 0 Å². The molecule has 0 nitrogen and oxygen atoms in total. The van der Waals surface area contributed by atoms with Crippen LogP contribution in [0.15, 0.2) is 59.1 Å². The molecule has 1 saturated carbocycles. The number of benzene rings is 2. The molecule has 0 radical (unpaired) electrons. The van der Waals surface area contributed by atoms with Crippen LogP contribution < -0.4 is 0 Å². The van der Waals surface area contributed by atoms with E-state index in [1.54, 1.807) is 0 Å². The molecule has 2 aromatic carbocycles. The summed E-state index contributed by atoms with van der Waals surface area (Å²) < 4.78 is 1.25. The topological polar surface area (TPSA) is 0 Å². The average Bonchev–Trinajstić information content (AvgIpc) is 3.11. The maximum Gasteiger partial charge on any atom is 0.0210 e. The number of halogens is 1. The summed E-state index contributed by atoms with van der Waals surface area (Å²) in [7, 11) is 0. The predicted molar refractivity (Wildman–Crippen MR) is 70.7 cm³/mol. The second-order valence-electron chi connectivity index (χ2n) is 4.38. The molecular formula is C15H13Br. The van der Waals surface area contributed by atoms with Gasteiger partial charge in [-0.15, -0.1) is 0 Å². The van der Waals surface area contributed by atoms with Gasteiger partial charge in [-0.3, -0.25) is 0 Å². The Bertz CT molecular complexity index is 490. The molecule has 16 heavy (non-hydrogen) atoms. The lowest BCUT2D eigenvalue weighted by atomic mass is 10.0. The molecule has 0 bridgehead atoms. The van der Waals surface area contributed by atoms with Crippen molar-refractivity contribution in [1.29, 1.82) is 0 Å². The van der Waals surface area contributed by atoms with Gasteiger partial charge in [-0.1, -0.05) is 64.5 Å². The average molecular weight is 273 g/mol. The molecule has 0 aliphatic heterocycles. The third-order valence-corrected chi connectivity index (χ3v) is 4.05. The lowest BCUT2D eigenvalue weighted by Gasteiger charge is -2.03. The van der Waals surface area contributed by atoms with Gasteiger partial charge >= 0.3 is 0 Å². The van der Waals surface area contributed by atoms with Gasteiger partial charge in [0.05, 0.1) is 0 Å². The Hall–Kier alpha value is -1.08. The Kier molecular flexibility index (Phi) is 2.56. The fourth-order valence-electron chi connectivity index (χ4n) is 2.38. The zero-order chi connectivity index (χ0) is 11.0. The number of rotatable bonds is 2. The van der Waals surface area contributed by atoms with Crippen molar-refractivity contribution in [1.82, 2.24) is 0 Å². The molecular weight excluding hydrogens is 260 g/mol. The van der Waals surface area contributed by atoms with E-state index in [1.807, 2.05) is 0 Å². The first-order valence-electron chi connectivity index (χ1n) is 5.65. The molecule has 0 heterocycles. The van der Waals surface area contributed by atoms with Gasteiger partial charge in [-0.05, 0) is 35.4 Å². The largest absolute Gasteiger partial charge is 0.0622 e. The van der Waals surface area contributed by atoms with Crippen molar-refractivity contribution >= 4 is 15.9 Å². The normalized spacial score (nSPS) is 23.1. The van der Waals surface area contributed by atoms with E-state index in [2.05, 4.69) is 70.5 Å². The zero-order valence-electron chi connectivity index (χ0n) is 8.94. The van der Waals surface area contributed by atoms with Gasteiger partial charge in [0, 0.05) is 4.47 Å². The summed E-state index contributed by atoms with van der Waals surface area (Å²) in [6.45, 7) is 0. The lowest BCUT2D eigenvalue weighted by Crippen LogP contribution is -1.85. The zero-order valence-corrected chi connectivity index (χ0v) is 10.5. The second kappa shape index (κ2) is 4.06. The molecule has 3 rings (SSSR count). The van der Waals surface area contributed by atoms with Crippen LogP contribution in [0.25, 0.3) is 0 Å². The molecule has 0 N–H and O–H groups in total. The third kappa shape index (κ3) is 1.80. The van der Waals surface area contributed by atoms with E-state index in [-0.39, 0.29) is 0 Å². The monoisotopic (exact) mass is 272 g/mol. The van der Waals surface area contributed by atoms with Crippen LogP contribution in [0.4, 0.5) is 0 Å². The quantitative estimate of drug-likeness (QED) is 0.742. The van der Waals surface area contributed by atoms with Crippen molar-refractivity contribution in [3.05, 3.63) is 70.2 Å². The summed E-state index contributed by atoms with van der Waals surface area (Å²) in [5.41, 5.74) is 2.93. The first-order chi connectivity index (χ1) is 7.86. The van der Waals surface area contributed by atoms with Gasteiger partial charge in [-0.2, -0.15) is 0 Å². The maximum absolute atomic E-state index is 3.64. The van der Waals surface area contributed by atoms with Gasteiger partial charge in [0.25, 0.3) is 0 Å². The molecule has 1 aliphatic carbocycles. The van der Waals surface area contributed by atoms with E-state index >= 15 is 0 Å². The van der Waals surface area contributed by atoms with Crippen LogP contribution in [0, 0.1) is 0 Å². The Morgan fingerprint density at radius 2 is 1.50 bits per heavy atom. The molecule has 0 aromatic heterocycles. The smallest absolute Gasteiger partial charge is 0.0210 e. The molecule has 0 saturated heterocycles. The molecule has 2 atom stereocenters. The van der Waals surface area contributed by atoms with Crippen LogP contribution in [0.5, 0.6) is 0 Å². The minimum Gasteiger partial charge on any atom is -0.0622 e. The van der Waals surface area contributed by atoms with Gasteiger partial charge in [0.2, 0.25) is 0 Å². The van der Waals surface area contributed by atoms with Crippen molar-refractivity contribution in [2.24, 2.45) is 0 Å². The number of hydrogen-bond acceptors (Lipinski definition) is 0. The lowest BCUT2D eigenvalue weighted by molar-refractivity contribution is 1.02. The molecule has 1 fully saturated rings. The van der Waals surface area contributed by atoms with E-state index in [0.29, 0.717) is 5.92 Å². The van der Waals surface area contributed by atoms with E-state index in [4.69, 9.17) is 0 Å². The first-order valence-corrected chi connectivity index (χ1v) is 6.45. The van der Waals surface area contributed by atoms with Crippen molar-refractivity contribution in [3.8, 4) is 0 Å². The van der Waals surface area contributed by atoms with Crippen molar-refractivity contribution < 1.29 is 0 Å². The van der Waals surface area contributed by atoms with E-state index in [0.717, 1.165) is 5.92 Å². The van der Waals surface area contributed by atoms with Crippen LogP contribution in [-0.4, -0.2) is 0 Å². The molecule has 1 aliphatic rings. The summed E-state index contributed by atoms with van der Waals surface area (Å²) >= 11 is 3.64. The van der Waals surface area contributed by atoms with Crippen molar-refractivity contribution in [3.63, 3.8) is 0 Å². The highest BCUT2D eigenvalue weighted by Crippen LogP contribution is 2.55. The summed E-state index contributed by atoms with van der Waals surface area (Å²) in [5.74, 6) is 1.43. The Morgan fingerprint density at radius 3 is 2.25 bits per heavy atom. The molecule has 0 spiro atoms. The third-order valence-electron chi connectivity index (χ3n) is 3.32. The highest BCUT2D eigenvalue weighted by molar-refractivity contribution is 9.10. The van der Waals surface area contributed by atoms with Crippen LogP contribution in [0.3, 0.4) is 0 Å². The maximum atomic E-state index is 3.64. The van der Waals surface area contributed by atoms with Crippen LogP contribution in [0.2, 0.25) is 0 Å².